The molecule has 2 heterocycles. The van der Waals surface area contributed by atoms with Crippen molar-refractivity contribution >= 4 is 33.7 Å². The van der Waals surface area contributed by atoms with Gasteiger partial charge in [-0.15, -0.1) is 11.3 Å². The quantitative estimate of drug-likeness (QED) is 0.736. The van der Waals surface area contributed by atoms with Crippen LogP contribution in [0.15, 0.2) is 42.0 Å². The van der Waals surface area contributed by atoms with Crippen LogP contribution in [-0.4, -0.2) is 11.5 Å². The van der Waals surface area contributed by atoms with E-state index < -0.39 is 0 Å². The molecule has 0 saturated carbocycles. The van der Waals surface area contributed by atoms with Crippen molar-refractivity contribution in [2.45, 2.75) is 19.9 Å². The molecule has 1 aromatic carbocycles. The Hall–Kier alpha value is -1.42. The smallest absolute Gasteiger partial charge is 0.0707 e. The third-order valence-electron chi connectivity index (χ3n) is 3.61. The van der Waals surface area contributed by atoms with Gasteiger partial charge in [-0.2, -0.15) is 0 Å². The van der Waals surface area contributed by atoms with Crippen LogP contribution >= 0.6 is 22.9 Å². The van der Waals surface area contributed by atoms with Crippen molar-refractivity contribution in [2.24, 2.45) is 0 Å². The summed E-state index contributed by atoms with van der Waals surface area (Å²) in [5, 5.41) is 8.90. The van der Waals surface area contributed by atoms with Crippen molar-refractivity contribution in [3.8, 4) is 0 Å². The van der Waals surface area contributed by atoms with Crippen LogP contribution in [0.5, 0.6) is 0 Å². The standard InChI is InChI=1S/C17H17ClN2S/c1-3-20-16(17-15(18)11(2)10-21-17)14-9-19-8-12-6-4-5-7-13(12)14/h4-10,16,20H,3H2,1-2H3. The highest BCUT2D eigenvalue weighted by Gasteiger charge is 2.21. The normalized spacial score (nSPS) is 12.7. The third-order valence-corrected chi connectivity index (χ3v) is 5.38. The van der Waals surface area contributed by atoms with Crippen molar-refractivity contribution in [3.05, 3.63) is 63.1 Å². The van der Waals surface area contributed by atoms with E-state index in [1.807, 2.05) is 25.4 Å². The second kappa shape index (κ2) is 6.14. The van der Waals surface area contributed by atoms with E-state index in [4.69, 9.17) is 11.6 Å². The Morgan fingerprint density at radius 2 is 2.10 bits per heavy atom. The lowest BCUT2D eigenvalue weighted by molar-refractivity contribution is 0.641. The predicted octanol–water partition coefficient (Wildman–Crippen LogP) is 4.96. The van der Waals surface area contributed by atoms with Crippen molar-refractivity contribution in [2.75, 3.05) is 6.54 Å². The van der Waals surface area contributed by atoms with Gasteiger partial charge in [0.2, 0.25) is 0 Å². The van der Waals surface area contributed by atoms with Gasteiger partial charge >= 0.3 is 0 Å². The Labute approximate surface area is 133 Å². The number of hydrogen-bond donors (Lipinski definition) is 1. The summed E-state index contributed by atoms with van der Waals surface area (Å²) in [6.07, 6.45) is 3.85. The minimum Gasteiger partial charge on any atom is -0.306 e. The molecule has 2 aromatic heterocycles. The summed E-state index contributed by atoms with van der Waals surface area (Å²) in [6, 6.07) is 8.43. The minimum absolute atomic E-state index is 0.0831. The Balaban J connectivity index is 2.18. The molecule has 1 N–H and O–H groups in total. The highest BCUT2D eigenvalue weighted by molar-refractivity contribution is 7.10. The molecule has 1 atom stereocenters. The molecule has 0 aliphatic heterocycles. The lowest BCUT2D eigenvalue weighted by atomic mass is 10.00. The van der Waals surface area contributed by atoms with Crippen LogP contribution in [0.2, 0.25) is 5.02 Å². The van der Waals surface area contributed by atoms with Crippen LogP contribution < -0.4 is 5.32 Å². The van der Waals surface area contributed by atoms with Crippen LogP contribution in [0.4, 0.5) is 0 Å². The first kappa shape index (κ1) is 14.5. The van der Waals surface area contributed by atoms with Gasteiger partial charge in [-0.3, -0.25) is 4.98 Å². The van der Waals surface area contributed by atoms with Crippen LogP contribution in [0.3, 0.4) is 0 Å². The van der Waals surface area contributed by atoms with Gasteiger partial charge in [0.25, 0.3) is 0 Å². The summed E-state index contributed by atoms with van der Waals surface area (Å²) in [5.41, 5.74) is 2.31. The summed E-state index contributed by atoms with van der Waals surface area (Å²) in [6.45, 7) is 5.04. The highest BCUT2D eigenvalue weighted by atomic mass is 35.5. The zero-order valence-electron chi connectivity index (χ0n) is 12.1. The van der Waals surface area contributed by atoms with E-state index in [-0.39, 0.29) is 6.04 Å². The molecule has 21 heavy (non-hydrogen) atoms. The Morgan fingerprint density at radius 1 is 1.29 bits per heavy atom. The summed E-state index contributed by atoms with van der Waals surface area (Å²) in [5.74, 6) is 0. The number of aryl methyl sites for hydroxylation is 1. The van der Waals surface area contributed by atoms with Gasteiger partial charge in [-0.25, -0.2) is 0 Å². The zero-order chi connectivity index (χ0) is 14.8. The fourth-order valence-corrected chi connectivity index (χ4v) is 3.96. The summed E-state index contributed by atoms with van der Waals surface area (Å²) in [4.78, 5) is 5.56. The number of fused-ring (bicyclic) bond motifs is 1. The summed E-state index contributed by atoms with van der Waals surface area (Å²) >= 11 is 8.20. The molecular formula is C17H17ClN2S. The molecule has 0 amide bonds. The lowest BCUT2D eigenvalue weighted by Crippen LogP contribution is -2.21. The van der Waals surface area contributed by atoms with E-state index in [1.54, 1.807) is 11.3 Å². The second-order valence-corrected chi connectivity index (χ2v) is 6.33. The fourth-order valence-electron chi connectivity index (χ4n) is 2.56. The molecule has 0 radical (unpaired) electrons. The number of thiophene rings is 1. The lowest BCUT2D eigenvalue weighted by Gasteiger charge is -2.19. The summed E-state index contributed by atoms with van der Waals surface area (Å²) < 4.78 is 0. The maximum atomic E-state index is 6.49. The molecule has 0 saturated heterocycles. The van der Waals surface area contributed by atoms with Crippen molar-refractivity contribution in [3.63, 3.8) is 0 Å². The zero-order valence-corrected chi connectivity index (χ0v) is 13.6. The Morgan fingerprint density at radius 3 is 2.81 bits per heavy atom. The molecule has 3 aromatic rings. The molecule has 0 fully saturated rings. The number of halogens is 1. The van der Waals surface area contributed by atoms with Crippen molar-refractivity contribution < 1.29 is 0 Å². The Kier molecular flexibility index (Phi) is 4.24. The van der Waals surface area contributed by atoms with Crippen LogP contribution in [0, 0.1) is 6.92 Å². The van der Waals surface area contributed by atoms with Gasteiger partial charge < -0.3 is 5.32 Å². The van der Waals surface area contributed by atoms with Gasteiger partial charge in [0.05, 0.1) is 11.1 Å². The first-order chi connectivity index (χ1) is 10.2. The number of nitrogens with zero attached hydrogens (tertiary/aromatic N) is 1. The van der Waals surface area contributed by atoms with E-state index in [0.717, 1.165) is 27.4 Å². The minimum atomic E-state index is 0.0831. The Bertz CT molecular complexity index is 761. The highest BCUT2D eigenvalue weighted by Crippen LogP contribution is 2.37. The number of pyridine rings is 1. The first-order valence-corrected chi connectivity index (χ1v) is 8.27. The van der Waals surface area contributed by atoms with Crippen molar-refractivity contribution in [1.29, 1.82) is 0 Å². The number of benzene rings is 1. The maximum absolute atomic E-state index is 6.49. The molecule has 4 heteroatoms. The van der Waals surface area contributed by atoms with E-state index >= 15 is 0 Å². The van der Waals surface area contributed by atoms with Gasteiger partial charge in [0.1, 0.15) is 0 Å². The first-order valence-electron chi connectivity index (χ1n) is 7.02. The SMILES string of the molecule is CCNC(c1scc(C)c1Cl)c1cncc2ccccc12. The van der Waals surface area contributed by atoms with Crippen LogP contribution in [0.25, 0.3) is 10.8 Å². The molecule has 108 valence electrons. The molecule has 1 unspecified atom stereocenters. The average Bonchev–Trinajstić information content (AvgIpc) is 2.84. The molecule has 2 nitrogen and oxygen atoms in total. The van der Waals surface area contributed by atoms with Gasteiger partial charge in [0, 0.05) is 28.2 Å². The number of rotatable bonds is 4. The maximum Gasteiger partial charge on any atom is 0.0707 e. The van der Waals surface area contributed by atoms with Gasteiger partial charge in [-0.1, -0.05) is 42.8 Å². The second-order valence-electron chi connectivity index (χ2n) is 5.04. The molecule has 0 aliphatic carbocycles. The van der Waals surface area contributed by atoms with E-state index in [0.29, 0.717) is 0 Å². The topological polar surface area (TPSA) is 24.9 Å². The van der Waals surface area contributed by atoms with E-state index in [9.17, 15) is 0 Å². The number of nitrogens with one attached hydrogen (secondary N) is 1. The summed E-state index contributed by atoms with van der Waals surface area (Å²) in [7, 11) is 0. The average molecular weight is 317 g/mol. The van der Waals surface area contributed by atoms with Crippen LogP contribution in [-0.2, 0) is 0 Å². The van der Waals surface area contributed by atoms with Gasteiger partial charge in [0.15, 0.2) is 0 Å². The number of aromatic nitrogens is 1. The molecule has 0 spiro atoms. The largest absolute Gasteiger partial charge is 0.306 e. The third kappa shape index (κ3) is 2.69. The molecular weight excluding hydrogens is 300 g/mol. The van der Waals surface area contributed by atoms with E-state index in [2.05, 4.69) is 40.8 Å². The number of hydrogen-bond acceptors (Lipinski definition) is 3. The van der Waals surface area contributed by atoms with E-state index in [1.165, 1.54) is 10.9 Å². The molecule has 3 rings (SSSR count). The molecule has 0 aliphatic rings. The van der Waals surface area contributed by atoms with Crippen molar-refractivity contribution in [1.82, 2.24) is 10.3 Å². The van der Waals surface area contributed by atoms with Gasteiger partial charge in [-0.05, 0) is 29.8 Å². The predicted molar refractivity (Wildman–Crippen MR) is 91.3 cm³/mol. The molecule has 0 bridgehead atoms. The van der Waals surface area contributed by atoms with Crippen LogP contribution in [0.1, 0.15) is 29.0 Å². The fraction of sp³-hybridized carbons (Fsp3) is 0.235. The monoisotopic (exact) mass is 316 g/mol.